The molecular formula is C36H45F6N3O9. The Bertz CT molecular complexity index is 1750. The molecule has 1 aromatic heterocycles. The molecule has 18 heteroatoms. The topological polar surface area (TPSA) is 114 Å². The van der Waals surface area contributed by atoms with E-state index >= 15 is 0 Å². The average molecular weight is 778 g/mol. The molecular weight excluding hydrogens is 732 g/mol. The second-order valence-corrected chi connectivity index (χ2v) is 17.2. The zero-order valence-electron chi connectivity index (χ0n) is 30.7. The standard InChI is InChI=1S/C36H45F6N3O9/c1-18-6-8-24-22(27(36(40,41)42)47-28-33(24)23(18)10-11-31(4,49-28)51-53-33)17-46-16-20-14-43-44-45(20)15-21-25-9-7-19(2)30(3)12-13-32(5)50-29(34(25,30)54-52-32)48-26(21)35(37,38)39/h14,18-19,23-25,28-29H,6-13,15-17H2,1-5H3/t18-,19-,23+,24+,25+,28-,29-,30+,31?,32?,33-,34-/m1/s1. The highest BCUT2D eigenvalue weighted by atomic mass is 19.4. The Morgan fingerprint density at radius 3 is 2.19 bits per heavy atom. The lowest BCUT2D eigenvalue weighted by Gasteiger charge is -2.61. The lowest BCUT2D eigenvalue weighted by molar-refractivity contribution is -0.564. The molecule has 0 aromatic carbocycles. The third-order valence-electron chi connectivity index (χ3n) is 14.2. The van der Waals surface area contributed by atoms with E-state index in [0.717, 1.165) is 0 Å². The van der Waals surface area contributed by atoms with Crippen molar-refractivity contribution in [2.24, 2.45) is 35.0 Å². The highest BCUT2D eigenvalue weighted by molar-refractivity contribution is 5.31. The fourth-order valence-corrected chi connectivity index (χ4v) is 11.0. The van der Waals surface area contributed by atoms with Crippen LogP contribution in [-0.4, -0.2) is 69.3 Å². The number of rotatable bonds is 6. The van der Waals surface area contributed by atoms with Crippen molar-refractivity contribution in [1.82, 2.24) is 15.0 Å². The van der Waals surface area contributed by atoms with Gasteiger partial charge in [-0.05, 0) is 64.2 Å². The molecule has 0 radical (unpaired) electrons. The van der Waals surface area contributed by atoms with Gasteiger partial charge in [0.15, 0.2) is 11.2 Å². The van der Waals surface area contributed by atoms with E-state index in [1.54, 1.807) is 13.8 Å². The van der Waals surface area contributed by atoms with Gasteiger partial charge in [-0.3, -0.25) is 0 Å². The lowest BCUT2D eigenvalue weighted by Crippen LogP contribution is -2.71. The van der Waals surface area contributed by atoms with Crippen molar-refractivity contribution >= 4 is 0 Å². The molecule has 8 fully saturated rings. The molecule has 300 valence electrons. The summed E-state index contributed by atoms with van der Waals surface area (Å²) >= 11 is 0. The second kappa shape index (κ2) is 12.0. The van der Waals surface area contributed by atoms with Gasteiger partial charge in [0, 0.05) is 47.2 Å². The molecule has 6 saturated heterocycles. The van der Waals surface area contributed by atoms with Crippen LogP contribution in [0.4, 0.5) is 26.3 Å². The minimum Gasteiger partial charge on any atom is -0.456 e. The van der Waals surface area contributed by atoms with E-state index in [1.807, 2.05) is 13.8 Å². The van der Waals surface area contributed by atoms with Gasteiger partial charge < -0.3 is 23.7 Å². The molecule has 8 aliphatic heterocycles. The maximum Gasteiger partial charge on any atom is 0.449 e. The molecule has 1 aromatic rings. The summed E-state index contributed by atoms with van der Waals surface area (Å²) in [7, 11) is 0. The Morgan fingerprint density at radius 1 is 0.759 bits per heavy atom. The van der Waals surface area contributed by atoms with Gasteiger partial charge >= 0.3 is 12.4 Å². The number of fused-ring (bicyclic) bond motifs is 4. The van der Waals surface area contributed by atoms with Crippen molar-refractivity contribution in [1.29, 1.82) is 0 Å². The molecule has 12 nitrogen and oxygen atoms in total. The first-order chi connectivity index (χ1) is 25.3. The van der Waals surface area contributed by atoms with Crippen molar-refractivity contribution in [3.63, 3.8) is 0 Å². The van der Waals surface area contributed by atoms with E-state index in [0.29, 0.717) is 51.4 Å². The van der Waals surface area contributed by atoms with Crippen LogP contribution < -0.4 is 0 Å². The Morgan fingerprint density at radius 2 is 1.43 bits per heavy atom. The first-order valence-electron chi connectivity index (χ1n) is 18.8. The van der Waals surface area contributed by atoms with Crippen LogP contribution in [0.3, 0.4) is 0 Å². The van der Waals surface area contributed by atoms with Crippen molar-refractivity contribution in [3.8, 4) is 0 Å². The zero-order valence-corrected chi connectivity index (χ0v) is 30.7. The van der Waals surface area contributed by atoms with Gasteiger partial charge in [0.2, 0.25) is 35.7 Å². The normalized spacial score (nSPS) is 45.6. The van der Waals surface area contributed by atoms with E-state index < -0.39 is 89.6 Å². The summed E-state index contributed by atoms with van der Waals surface area (Å²) in [6.07, 6.45) is -7.20. The van der Waals surface area contributed by atoms with Crippen LogP contribution in [0.1, 0.15) is 91.7 Å². The quantitative estimate of drug-likeness (QED) is 0.214. The Labute approximate surface area is 307 Å². The largest absolute Gasteiger partial charge is 0.456 e. The van der Waals surface area contributed by atoms with E-state index in [2.05, 4.69) is 17.2 Å². The van der Waals surface area contributed by atoms with Gasteiger partial charge in [-0.1, -0.05) is 26.0 Å². The summed E-state index contributed by atoms with van der Waals surface area (Å²) in [6, 6.07) is 0. The molecule has 12 atom stereocenters. The van der Waals surface area contributed by atoms with Gasteiger partial charge in [-0.25, -0.2) is 24.2 Å². The van der Waals surface area contributed by atoms with E-state index in [4.69, 9.17) is 43.2 Å². The van der Waals surface area contributed by atoms with Gasteiger partial charge in [-0.2, -0.15) is 26.3 Å². The van der Waals surface area contributed by atoms with Crippen LogP contribution in [-0.2, 0) is 56.4 Å². The highest BCUT2D eigenvalue weighted by Crippen LogP contribution is 2.67. The predicted octanol–water partition coefficient (Wildman–Crippen LogP) is 7.31. The molecule has 11 rings (SSSR count). The van der Waals surface area contributed by atoms with Gasteiger partial charge in [0.05, 0.1) is 31.6 Å². The van der Waals surface area contributed by atoms with Crippen molar-refractivity contribution in [3.05, 3.63) is 34.6 Å². The maximum atomic E-state index is 14.9. The fraction of sp³-hybridized carbons (Fsp3) is 0.833. The molecule has 9 heterocycles. The molecule has 4 bridgehead atoms. The molecule has 2 unspecified atom stereocenters. The van der Waals surface area contributed by atoms with Crippen molar-refractivity contribution < 1.29 is 69.6 Å². The van der Waals surface area contributed by atoms with Gasteiger partial charge in [-0.15, -0.1) is 5.10 Å². The maximum absolute atomic E-state index is 14.9. The van der Waals surface area contributed by atoms with Crippen molar-refractivity contribution in [2.75, 3.05) is 6.61 Å². The number of nitrogens with zero attached hydrogens (tertiary/aromatic N) is 3. The average Bonchev–Trinajstić information content (AvgIpc) is 3.29. The number of hydrogen-bond acceptors (Lipinski definition) is 11. The summed E-state index contributed by atoms with van der Waals surface area (Å²) in [5, 5.41) is 8.04. The Balaban J connectivity index is 1.02. The van der Waals surface area contributed by atoms with Crippen LogP contribution in [0.2, 0.25) is 0 Å². The number of ether oxygens (including phenoxy) is 5. The van der Waals surface area contributed by atoms with E-state index in [9.17, 15) is 26.3 Å². The third-order valence-corrected chi connectivity index (χ3v) is 14.2. The molecule has 2 saturated carbocycles. The van der Waals surface area contributed by atoms with Crippen LogP contribution in [0.15, 0.2) is 28.9 Å². The molecule has 2 aliphatic carbocycles. The van der Waals surface area contributed by atoms with Gasteiger partial charge in [0.25, 0.3) is 0 Å². The summed E-state index contributed by atoms with van der Waals surface area (Å²) in [5.41, 5.74) is -3.37. The van der Waals surface area contributed by atoms with Gasteiger partial charge in [0.1, 0.15) is 0 Å². The first kappa shape index (κ1) is 37.1. The monoisotopic (exact) mass is 777 g/mol. The Hall–Kier alpha value is -2.48. The fourth-order valence-electron chi connectivity index (χ4n) is 11.0. The minimum absolute atomic E-state index is 0.0493. The van der Waals surface area contributed by atoms with E-state index in [-0.39, 0.29) is 41.2 Å². The molecule has 10 aliphatic rings. The number of hydrogen-bond donors (Lipinski definition) is 0. The van der Waals surface area contributed by atoms with Crippen LogP contribution in [0.5, 0.6) is 0 Å². The molecule has 54 heavy (non-hydrogen) atoms. The molecule has 2 spiro atoms. The minimum atomic E-state index is -4.89. The molecule has 0 amide bonds. The number of allylic oxidation sites excluding steroid dienone is 2. The number of alkyl halides is 6. The molecule has 0 N–H and O–H groups in total. The summed E-state index contributed by atoms with van der Waals surface area (Å²) in [6.45, 7) is 8.13. The third kappa shape index (κ3) is 5.21. The van der Waals surface area contributed by atoms with Crippen LogP contribution >= 0.6 is 0 Å². The number of halogens is 6. The highest BCUT2D eigenvalue weighted by Gasteiger charge is 2.75. The van der Waals surface area contributed by atoms with Crippen LogP contribution in [0, 0.1) is 35.0 Å². The second-order valence-electron chi connectivity index (χ2n) is 17.2. The zero-order chi connectivity index (χ0) is 38.3. The first-order valence-corrected chi connectivity index (χ1v) is 18.8. The number of aromatic nitrogens is 3. The van der Waals surface area contributed by atoms with E-state index in [1.165, 1.54) is 10.9 Å². The summed E-state index contributed by atoms with van der Waals surface area (Å²) in [5.74, 6) is -6.60. The summed E-state index contributed by atoms with van der Waals surface area (Å²) < 4.78 is 120. The predicted molar refractivity (Wildman–Crippen MR) is 168 cm³/mol. The smallest absolute Gasteiger partial charge is 0.449 e. The summed E-state index contributed by atoms with van der Waals surface area (Å²) in [4.78, 5) is 23.8. The lowest BCUT2D eigenvalue weighted by atomic mass is 9.51. The van der Waals surface area contributed by atoms with Crippen molar-refractivity contribution in [2.45, 2.75) is 147 Å². The van der Waals surface area contributed by atoms with Crippen LogP contribution in [0.25, 0.3) is 0 Å². The SMILES string of the molecule is C[C@@H]1CC[C@H]2C(COCc3cnnn3CC3=C(C(F)(F)F)O[C@@H]4OC5(C)CC[C@@]6(C)[C@H](C)CC[C@@H]3[C@@]46OO5)=C(C(F)(F)F)O[C@@H]3OC4(C)CC[C@@H]1[C@]32OO4. The Kier molecular flexibility index (Phi) is 8.26.